The summed E-state index contributed by atoms with van der Waals surface area (Å²) in [5.74, 6) is 1.63. The fraction of sp³-hybridized carbons (Fsp3) is 0.364. The normalized spacial score (nSPS) is 12.2. The molecule has 2 aromatic rings. The maximum Gasteiger partial charge on any atom is 0.251 e. The van der Waals surface area contributed by atoms with Gasteiger partial charge in [-0.2, -0.15) is 0 Å². The van der Waals surface area contributed by atoms with Gasteiger partial charge >= 0.3 is 0 Å². The number of nitrogens with one attached hydrogen (secondary N) is 3. The number of ether oxygens (including phenoxy) is 1. The maximum absolute atomic E-state index is 12.2. The van der Waals surface area contributed by atoms with Crippen molar-refractivity contribution in [2.75, 3.05) is 33.3 Å². The van der Waals surface area contributed by atoms with Crippen LogP contribution >= 0.6 is 0 Å². The predicted molar refractivity (Wildman–Crippen MR) is 114 cm³/mol. The fourth-order valence-electron chi connectivity index (χ4n) is 2.68. The lowest BCUT2D eigenvalue weighted by Gasteiger charge is -2.14. The van der Waals surface area contributed by atoms with Crippen LogP contribution in [0.1, 0.15) is 35.7 Å². The fourth-order valence-corrected chi connectivity index (χ4v) is 2.68. The molecule has 0 radical (unpaired) electrons. The van der Waals surface area contributed by atoms with E-state index in [9.17, 15) is 4.79 Å². The van der Waals surface area contributed by atoms with Gasteiger partial charge in [0.05, 0.1) is 7.11 Å². The topological polar surface area (TPSA) is 74.8 Å². The van der Waals surface area contributed by atoms with Crippen LogP contribution in [-0.4, -0.2) is 45.2 Å². The molecule has 0 aliphatic rings. The van der Waals surface area contributed by atoms with Gasteiger partial charge in [-0.25, -0.2) is 0 Å². The third-order valence-corrected chi connectivity index (χ3v) is 4.27. The molecule has 0 spiro atoms. The second-order valence-electron chi connectivity index (χ2n) is 6.45. The number of rotatable bonds is 9. The van der Waals surface area contributed by atoms with Crippen LogP contribution in [0.4, 0.5) is 0 Å². The molecule has 0 saturated carbocycles. The van der Waals surface area contributed by atoms with E-state index in [-0.39, 0.29) is 5.91 Å². The molecule has 2 rings (SSSR count). The lowest BCUT2D eigenvalue weighted by molar-refractivity contribution is 0.0954. The van der Waals surface area contributed by atoms with Crippen molar-refractivity contribution in [2.45, 2.75) is 19.8 Å². The zero-order valence-electron chi connectivity index (χ0n) is 16.9. The van der Waals surface area contributed by atoms with Gasteiger partial charge in [-0.15, -0.1) is 0 Å². The standard InChI is InChI=1S/C22H30N4O2/c1-4-23-22(26-16-17(2)18-9-6-5-7-10-18)25-14-13-24-21(27)19-11-8-12-20(15-19)28-3/h5-12,15,17H,4,13-14,16H2,1-3H3,(H,24,27)(H2,23,25,26). The van der Waals surface area contributed by atoms with E-state index in [2.05, 4.69) is 40.0 Å². The molecule has 6 nitrogen and oxygen atoms in total. The molecule has 0 aliphatic carbocycles. The molecule has 0 heterocycles. The number of benzene rings is 2. The summed E-state index contributed by atoms with van der Waals surface area (Å²) in [6.07, 6.45) is 0. The number of carbonyl (C=O) groups excluding carboxylic acids is 1. The Labute approximate surface area is 167 Å². The summed E-state index contributed by atoms with van der Waals surface area (Å²) in [6.45, 7) is 6.74. The van der Waals surface area contributed by atoms with E-state index >= 15 is 0 Å². The van der Waals surface area contributed by atoms with Crippen LogP contribution in [0.15, 0.2) is 59.6 Å². The first-order valence-electron chi connectivity index (χ1n) is 9.63. The van der Waals surface area contributed by atoms with Crippen molar-refractivity contribution in [3.05, 3.63) is 65.7 Å². The van der Waals surface area contributed by atoms with Crippen molar-refractivity contribution in [3.63, 3.8) is 0 Å². The first-order chi connectivity index (χ1) is 13.6. The quantitative estimate of drug-likeness (QED) is 0.354. The maximum atomic E-state index is 12.2. The smallest absolute Gasteiger partial charge is 0.251 e. The Morgan fingerprint density at radius 1 is 1.04 bits per heavy atom. The second-order valence-corrected chi connectivity index (χ2v) is 6.45. The van der Waals surface area contributed by atoms with Gasteiger partial charge in [0.1, 0.15) is 5.75 Å². The molecule has 0 aliphatic heterocycles. The molecule has 6 heteroatoms. The largest absolute Gasteiger partial charge is 0.497 e. The Balaban J connectivity index is 1.80. The Kier molecular flexibility index (Phi) is 8.85. The number of carbonyl (C=O) groups is 1. The summed E-state index contributed by atoms with van der Waals surface area (Å²) in [5, 5.41) is 9.39. The minimum atomic E-state index is -0.125. The Hall–Kier alpha value is -3.02. The molecule has 0 aromatic heterocycles. The molecule has 150 valence electrons. The molecular weight excluding hydrogens is 352 g/mol. The van der Waals surface area contributed by atoms with Crippen LogP contribution in [0.25, 0.3) is 0 Å². The zero-order chi connectivity index (χ0) is 20.2. The number of aliphatic imine (C=N–C) groups is 1. The van der Waals surface area contributed by atoms with Crippen LogP contribution in [0.2, 0.25) is 0 Å². The van der Waals surface area contributed by atoms with Gasteiger partial charge in [0, 0.05) is 37.7 Å². The first kappa shape index (κ1) is 21.3. The number of nitrogens with zero attached hydrogens (tertiary/aromatic N) is 1. The molecule has 28 heavy (non-hydrogen) atoms. The third-order valence-electron chi connectivity index (χ3n) is 4.27. The molecule has 1 amide bonds. The van der Waals surface area contributed by atoms with Crippen LogP contribution in [0.3, 0.4) is 0 Å². The lowest BCUT2D eigenvalue weighted by Crippen LogP contribution is -2.41. The van der Waals surface area contributed by atoms with E-state index in [0.717, 1.165) is 12.5 Å². The zero-order valence-corrected chi connectivity index (χ0v) is 16.9. The minimum absolute atomic E-state index is 0.125. The highest BCUT2D eigenvalue weighted by Gasteiger charge is 2.07. The van der Waals surface area contributed by atoms with Gasteiger partial charge in [0.2, 0.25) is 0 Å². The highest BCUT2D eigenvalue weighted by Crippen LogP contribution is 2.14. The third kappa shape index (κ3) is 6.95. The SMILES string of the molecule is CCNC(=NCC(C)c1ccccc1)NCCNC(=O)c1cccc(OC)c1. The Morgan fingerprint density at radius 3 is 2.50 bits per heavy atom. The average molecular weight is 383 g/mol. The number of hydrogen-bond donors (Lipinski definition) is 3. The summed E-state index contributed by atoms with van der Waals surface area (Å²) < 4.78 is 5.15. The van der Waals surface area contributed by atoms with Gasteiger partial charge in [0.15, 0.2) is 5.96 Å². The summed E-state index contributed by atoms with van der Waals surface area (Å²) >= 11 is 0. The average Bonchev–Trinajstić information content (AvgIpc) is 2.75. The van der Waals surface area contributed by atoms with Gasteiger partial charge in [-0.3, -0.25) is 9.79 Å². The number of methoxy groups -OCH3 is 1. The number of hydrogen-bond acceptors (Lipinski definition) is 3. The monoisotopic (exact) mass is 382 g/mol. The summed E-state index contributed by atoms with van der Waals surface area (Å²) in [4.78, 5) is 16.9. The van der Waals surface area contributed by atoms with Gasteiger partial charge in [-0.1, -0.05) is 43.3 Å². The Morgan fingerprint density at radius 2 is 1.79 bits per heavy atom. The number of guanidine groups is 1. The van der Waals surface area contributed by atoms with Crippen molar-refractivity contribution in [2.24, 2.45) is 4.99 Å². The summed E-state index contributed by atoms with van der Waals surface area (Å²) in [7, 11) is 1.58. The highest BCUT2D eigenvalue weighted by molar-refractivity contribution is 5.94. The minimum Gasteiger partial charge on any atom is -0.497 e. The molecular formula is C22H30N4O2. The van der Waals surface area contributed by atoms with Crippen molar-refractivity contribution in [3.8, 4) is 5.75 Å². The highest BCUT2D eigenvalue weighted by atomic mass is 16.5. The molecule has 0 saturated heterocycles. The molecule has 0 bridgehead atoms. The predicted octanol–water partition coefficient (Wildman–Crippen LogP) is 2.78. The van der Waals surface area contributed by atoms with Crippen molar-refractivity contribution in [1.29, 1.82) is 0 Å². The first-order valence-corrected chi connectivity index (χ1v) is 9.63. The summed E-state index contributed by atoms with van der Waals surface area (Å²) in [5.41, 5.74) is 1.85. The molecule has 3 N–H and O–H groups in total. The number of amides is 1. The second kappa shape index (κ2) is 11.6. The van der Waals surface area contributed by atoms with Crippen LogP contribution < -0.4 is 20.7 Å². The molecule has 0 fully saturated rings. The van der Waals surface area contributed by atoms with Gasteiger partial charge < -0.3 is 20.7 Å². The van der Waals surface area contributed by atoms with Crippen molar-refractivity contribution < 1.29 is 9.53 Å². The van der Waals surface area contributed by atoms with Crippen molar-refractivity contribution in [1.82, 2.24) is 16.0 Å². The van der Waals surface area contributed by atoms with E-state index < -0.39 is 0 Å². The van der Waals surface area contributed by atoms with Gasteiger partial charge in [-0.05, 0) is 30.7 Å². The van der Waals surface area contributed by atoms with Crippen LogP contribution in [0, 0.1) is 0 Å². The van der Waals surface area contributed by atoms with Crippen molar-refractivity contribution >= 4 is 11.9 Å². The van der Waals surface area contributed by atoms with Crippen LogP contribution in [0.5, 0.6) is 5.75 Å². The van der Waals surface area contributed by atoms with E-state index in [1.807, 2.05) is 31.2 Å². The molecule has 2 aromatic carbocycles. The van der Waals surface area contributed by atoms with E-state index in [0.29, 0.717) is 36.9 Å². The molecule has 1 unspecified atom stereocenters. The van der Waals surface area contributed by atoms with E-state index in [1.165, 1.54) is 5.56 Å². The van der Waals surface area contributed by atoms with Crippen LogP contribution in [-0.2, 0) is 0 Å². The summed E-state index contributed by atoms with van der Waals surface area (Å²) in [6, 6.07) is 17.5. The molecule has 1 atom stereocenters. The Bertz CT molecular complexity index is 762. The van der Waals surface area contributed by atoms with E-state index in [4.69, 9.17) is 4.74 Å². The lowest BCUT2D eigenvalue weighted by atomic mass is 10.0. The van der Waals surface area contributed by atoms with E-state index in [1.54, 1.807) is 25.3 Å². The van der Waals surface area contributed by atoms with Gasteiger partial charge in [0.25, 0.3) is 5.91 Å².